The van der Waals surface area contributed by atoms with Gasteiger partial charge in [-0.1, -0.05) is 18.0 Å². The van der Waals surface area contributed by atoms with Gasteiger partial charge in [0, 0.05) is 24.7 Å². The molecule has 0 bridgehead atoms. The van der Waals surface area contributed by atoms with Crippen molar-refractivity contribution in [2.24, 2.45) is 0 Å². The Labute approximate surface area is 149 Å². The van der Waals surface area contributed by atoms with Crippen LogP contribution in [0.2, 0.25) is 5.02 Å². The molecule has 0 spiro atoms. The molecule has 1 amide bonds. The molecule has 1 aliphatic rings. The topological polar surface area (TPSA) is 50.8 Å². The second-order valence-corrected chi connectivity index (χ2v) is 6.59. The van der Waals surface area contributed by atoms with Gasteiger partial charge in [0.15, 0.2) is 11.5 Å². The number of hydrogen-bond acceptors (Lipinski definition) is 4. The Morgan fingerprint density at radius 2 is 2.12 bits per heavy atom. The average molecular weight is 355 g/mol. The fourth-order valence-electron chi connectivity index (χ4n) is 3.12. The molecule has 134 valence electrons. The van der Waals surface area contributed by atoms with Crippen molar-refractivity contribution in [1.82, 2.24) is 10.2 Å². The summed E-state index contributed by atoms with van der Waals surface area (Å²) in [6, 6.07) is 3.90. The van der Waals surface area contributed by atoms with E-state index in [0.29, 0.717) is 34.7 Å². The second kappa shape index (κ2) is 9.14. The molecule has 6 heteroatoms. The number of nitrogens with one attached hydrogen (secondary N) is 1. The maximum absolute atomic E-state index is 12.3. The van der Waals surface area contributed by atoms with Crippen LogP contribution < -0.4 is 14.8 Å². The van der Waals surface area contributed by atoms with Crippen LogP contribution >= 0.6 is 11.6 Å². The van der Waals surface area contributed by atoms with Crippen LogP contribution in [-0.4, -0.2) is 50.7 Å². The molecule has 1 aliphatic heterocycles. The highest BCUT2D eigenvalue weighted by molar-refractivity contribution is 6.32. The van der Waals surface area contributed by atoms with E-state index in [1.165, 1.54) is 40.0 Å². The van der Waals surface area contributed by atoms with Gasteiger partial charge in [-0.3, -0.25) is 4.79 Å². The van der Waals surface area contributed by atoms with E-state index in [4.69, 9.17) is 21.1 Å². The van der Waals surface area contributed by atoms with Crippen molar-refractivity contribution in [1.29, 1.82) is 0 Å². The summed E-state index contributed by atoms with van der Waals surface area (Å²) >= 11 is 6.14. The molecule has 1 heterocycles. The van der Waals surface area contributed by atoms with Gasteiger partial charge in [0.1, 0.15) is 0 Å². The zero-order chi connectivity index (χ0) is 17.5. The number of benzene rings is 1. The van der Waals surface area contributed by atoms with E-state index in [1.807, 2.05) is 0 Å². The van der Waals surface area contributed by atoms with E-state index in [9.17, 15) is 4.79 Å². The lowest BCUT2D eigenvalue weighted by molar-refractivity contribution is 0.0948. The number of methoxy groups -OCH3 is 2. The molecule has 5 nitrogen and oxygen atoms in total. The van der Waals surface area contributed by atoms with Crippen LogP contribution in [-0.2, 0) is 0 Å². The van der Waals surface area contributed by atoms with E-state index in [1.54, 1.807) is 12.1 Å². The van der Waals surface area contributed by atoms with Crippen molar-refractivity contribution >= 4 is 17.5 Å². The SMILES string of the molecule is COc1cc(C(=O)NCCCN2CCCC[C@H]2C)cc(Cl)c1OC. The summed E-state index contributed by atoms with van der Waals surface area (Å²) in [4.78, 5) is 14.8. The van der Waals surface area contributed by atoms with Gasteiger partial charge in [0.25, 0.3) is 5.91 Å². The van der Waals surface area contributed by atoms with Crippen LogP contribution in [0.5, 0.6) is 11.5 Å². The van der Waals surface area contributed by atoms with Crippen molar-refractivity contribution in [3.8, 4) is 11.5 Å². The number of hydrogen-bond donors (Lipinski definition) is 1. The monoisotopic (exact) mass is 354 g/mol. The Hall–Kier alpha value is -1.46. The lowest BCUT2D eigenvalue weighted by atomic mass is 10.0. The molecule has 1 aromatic carbocycles. The van der Waals surface area contributed by atoms with E-state index in [2.05, 4.69) is 17.1 Å². The molecular formula is C18H27ClN2O3. The first kappa shape index (κ1) is 18.9. The predicted octanol–water partition coefficient (Wildman–Crippen LogP) is 3.35. The van der Waals surface area contributed by atoms with Crippen molar-refractivity contribution < 1.29 is 14.3 Å². The van der Waals surface area contributed by atoms with Crippen LogP contribution in [0.4, 0.5) is 0 Å². The Morgan fingerprint density at radius 3 is 2.79 bits per heavy atom. The number of halogens is 1. The Morgan fingerprint density at radius 1 is 1.33 bits per heavy atom. The molecule has 2 rings (SSSR count). The number of carbonyl (C=O) groups excluding carboxylic acids is 1. The Kier molecular flexibility index (Phi) is 7.18. The fraction of sp³-hybridized carbons (Fsp3) is 0.611. The first-order valence-electron chi connectivity index (χ1n) is 8.50. The first-order chi connectivity index (χ1) is 11.6. The number of rotatable bonds is 7. The first-order valence-corrected chi connectivity index (χ1v) is 8.88. The lowest BCUT2D eigenvalue weighted by Crippen LogP contribution is -2.39. The molecular weight excluding hydrogens is 328 g/mol. The minimum atomic E-state index is -0.149. The normalized spacial score (nSPS) is 18.2. The van der Waals surface area contributed by atoms with Crippen molar-refractivity contribution in [2.75, 3.05) is 33.9 Å². The molecule has 0 aliphatic carbocycles. The van der Waals surface area contributed by atoms with Gasteiger partial charge in [0.2, 0.25) is 0 Å². The van der Waals surface area contributed by atoms with Gasteiger partial charge in [-0.05, 0) is 44.9 Å². The van der Waals surface area contributed by atoms with Crippen molar-refractivity contribution in [3.63, 3.8) is 0 Å². The predicted molar refractivity (Wildman–Crippen MR) is 96.4 cm³/mol. The number of ether oxygens (including phenoxy) is 2. The highest BCUT2D eigenvalue weighted by atomic mass is 35.5. The Balaban J connectivity index is 1.85. The fourth-order valence-corrected chi connectivity index (χ4v) is 3.41. The molecule has 1 N–H and O–H groups in total. The largest absolute Gasteiger partial charge is 0.493 e. The van der Waals surface area contributed by atoms with Gasteiger partial charge in [0.05, 0.1) is 19.2 Å². The third kappa shape index (κ3) is 4.77. The smallest absolute Gasteiger partial charge is 0.251 e. The molecule has 1 fully saturated rings. The number of likely N-dealkylation sites (tertiary alicyclic amines) is 1. The van der Waals surface area contributed by atoms with Gasteiger partial charge in [-0.2, -0.15) is 0 Å². The Bertz CT molecular complexity index is 565. The maximum Gasteiger partial charge on any atom is 0.251 e. The molecule has 0 unspecified atom stereocenters. The molecule has 1 aromatic rings. The molecule has 0 aromatic heterocycles. The number of nitrogens with zero attached hydrogens (tertiary/aromatic N) is 1. The van der Waals surface area contributed by atoms with E-state index < -0.39 is 0 Å². The summed E-state index contributed by atoms with van der Waals surface area (Å²) in [5, 5.41) is 3.31. The minimum Gasteiger partial charge on any atom is -0.493 e. The summed E-state index contributed by atoms with van der Waals surface area (Å²) in [6.07, 6.45) is 4.82. The van der Waals surface area contributed by atoms with Gasteiger partial charge >= 0.3 is 0 Å². The third-order valence-corrected chi connectivity index (χ3v) is 4.82. The van der Waals surface area contributed by atoms with Crippen molar-refractivity contribution in [3.05, 3.63) is 22.7 Å². The number of amides is 1. The molecule has 0 saturated carbocycles. The molecule has 1 atom stereocenters. The van der Waals surface area contributed by atoms with Gasteiger partial charge in [-0.25, -0.2) is 0 Å². The number of carbonyl (C=O) groups is 1. The van der Waals surface area contributed by atoms with Gasteiger partial charge in [-0.15, -0.1) is 0 Å². The second-order valence-electron chi connectivity index (χ2n) is 6.18. The standard InChI is InChI=1S/C18H27ClN2O3/c1-13-7-4-5-9-21(13)10-6-8-20-18(22)14-11-15(19)17(24-3)16(12-14)23-2/h11-13H,4-10H2,1-3H3,(H,20,22)/t13-/m1/s1. The van der Waals surface area contributed by atoms with Crippen LogP contribution in [0.15, 0.2) is 12.1 Å². The summed E-state index contributed by atoms with van der Waals surface area (Å²) in [7, 11) is 3.04. The van der Waals surface area contributed by atoms with E-state index in [0.717, 1.165) is 13.0 Å². The summed E-state index contributed by atoms with van der Waals surface area (Å²) < 4.78 is 10.4. The quantitative estimate of drug-likeness (QED) is 0.763. The summed E-state index contributed by atoms with van der Waals surface area (Å²) in [5.41, 5.74) is 0.476. The molecule has 24 heavy (non-hydrogen) atoms. The summed E-state index contributed by atoms with van der Waals surface area (Å²) in [5.74, 6) is 0.747. The zero-order valence-electron chi connectivity index (χ0n) is 14.7. The van der Waals surface area contributed by atoms with E-state index >= 15 is 0 Å². The maximum atomic E-state index is 12.3. The van der Waals surface area contributed by atoms with Crippen LogP contribution in [0.1, 0.15) is 43.0 Å². The van der Waals surface area contributed by atoms with Crippen molar-refractivity contribution in [2.45, 2.75) is 38.6 Å². The zero-order valence-corrected chi connectivity index (χ0v) is 15.5. The van der Waals surface area contributed by atoms with Gasteiger partial charge < -0.3 is 19.7 Å². The molecule has 1 saturated heterocycles. The minimum absolute atomic E-state index is 0.149. The van der Waals surface area contributed by atoms with E-state index in [-0.39, 0.29) is 5.91 Å². The van der Waals surface area contributed by atoms with Crippen LogP contribution in [0.3, 0.4) is 0 Å². The van der Waals surface area contributed by atoms with Crippen LogP contribution in [0.25, 0.3) is 0 Å². The lowest BCUT2D eigenvalue weighted by Gasteiger charge is -2.33. The average Bonchev–Trinajstić information content (AvgIpc) is 2.59. The number of piperidine rings is 1. The summed E-state index contributed by atoms with van der Waals surface area (Å²) in [6.45, 7) is 5.12. The van der Waals surface area contributed by atoms with Crippen LogP contribution in [0, 0.1) is 0 Å². The molecule has 0 radical (unpaired) electrons. The third-order valence-electron chi connectivity index (χ3n) is 4.54. The highest BCUT2D eigenvalue weighted by Crippen LogP contribution is 2.35. The highest BCUT2D eigenvalue weighted by Gasteiger charge is 2.18.